The zero-order valence-corrected chi connectivity index (χ0v) is 13.3. The van der Waals surface area contributed by atoms with Gasteiger partial charge in [0, 0.05) is 18.5 Å². The fourth-order valence-corrected chi connectivity index (χ4v) is 2.73. The Hall–Kier alpha value is -1.75. The summed E-state index contributed by atoms with van der Waals surface area (Å²) in [6, 6.07) is 6.70. The fraction of sp³-hybridized carbons (Fsp3) is 0.529. The molecule has 0 radical (unpaired) electrons. The molecule has 0 N–H and O–H groups in total. The van der Waals surface area contributed by atoms with Crippen molar-refractivity contribution in [1.82, 2.24) is 15.0 Å². The summed E-state index contributed by atoms with van der Waals surface area (Å²) in [5.41, 5.74) is 1.04. The number of likely N-dealkylation sites (tertiary alicyclic amines) is 1. The van der Waals surface area contributed by atoms with E-state index in [1.54, 1.807) is 0 Å². The Balaban J connectivity index is 1.62. The van der Waals surface area contributed by atoms with Crippen molar-refractivity contribution in [2.75, 3.05) is 13.1 Å². The van der Waals surface area contributed by atoms with Gasteiger partial charge in [0.15, 0.2) is 5.82 Å². The predicted molar refractivity (Wildman–Crippen MR) is 82.0 cm³/mol. The summed E-state index contributed by atoms with van der Waals surface area (Å²) in [6.07, 6.45) is 1.02. The van der Waals surface area contributed by atoms with Gasteiger partial charge in [0.2, 0.25) is 5.89 Å². The average molecular weight is 303 g/mol. The van der Waals surface area contributed by atoms with Gasteiger partial charge in [-0.15, -0.1) is 0 Å². The van der Waals surface area contributed by atoms with Crippen LogP contribution in [0.1, 0.15) is 50.4 Å². The molecular formula is C17H22FN3O. The quantitative estimate of drug-likeness (QED) is 0.870. The van der Waals surface area contributed by atoms with Gasteiger partial charge in [-0.1, -0.05) is 38.1 Å². The van der Waals surface area contributed by atoms with E-state index in [9.17, 15) is 4.39 Å². The predicted octanol–water partition coefficient (Wildman–Crippen LogP) is 3.50. The molecule has 0 unspecified atom stereocenters. The van der Waals surface area contributed by atoms with Gasteiger partial charge in [-0.25, -0.2) is 4.39 Å². The van der Waals surface area contributed by atoms with Crippen molar-refractivity contribution in [1.29, 1.82) is 0 Å². The standard InChI is InChI=1S/C17H22FN3O/c1-17(2,3)16-19-15(22-20-16)13-8-9-21(11-13)10-12-4-6-14(18)7-5-12/h4-7,13H,8-11H2,1-3H3/t13-/m0/s1. The van der Waals surface area contributed by atoms with E-state index in [-0.39, 0.29) is 11.2 Å². The van der Waals surface area contributed by atoms with Crippen molar-refractivity contribution in [3.8, 4) is 0 Å². The van der Waals surface area contributed by atoms with Crippen LogP contribution in [0.5, 0.6) is 0 Å². The van der Waals surface area contributed by atoms with E-state index >= 15 is 0 Å². The number of halogens is 1. The van der Waals surface area contributed by atoms with Gasteiger partial charge in [-0.3, -0.25) is 4.90 Å². The van der Waals surface area contributed by atoms with Crippen LogP contribution in [-0.2, 0) is 12.0 Å². The molecule has 4 nitrogen and oxygen atoms in total. The lowest BCUT2D eigenvalue weighted by Gasteiger charge is -2.15. The van der Waals surface area contributed by atoms with Crippen molar-refractivity contribution in [3.63, 3.8) is 0 Å². The minimum atomic E-state index is -0.191. The molecule has 3 rings (SSSR count). The third kappa shape index (κ3) is 3.35. The van der Waals surface area contributed by atoms with Crippen LogP contribution in [0.2, 0.25) is 0 Å². The minimum absolute atomic E-state index is 0.0891. The molecule has 1 aromatic carbocycles. The molecule has 1 aromatic heterocycles. The first kappa shape index (κ1) is 15.2. The first-order valence-electron chi connectivity index (χ1n) is 7.73. The highest BCUT2D eigenvalue weighted by molar-refractivity contribution is 5.16. The van der Waals surface area contributed by atoms with Crippen LogP contribution in [-0.4, -0.2) is 28.1 Å². The number of aromatic nitrogens is 2. The van der Waals surface area contributed by atoms with Crippen molar-refractivity contribution in [2.45, 2.75) is 45.1 Å². The Bertz CT molecular complexity index is 630. The van der Waals surface area contributed by atoms with Gasteiger partial charge >= 0.3 is 0 Å². The smallest absolute Gasteiger partial charge is 0.231 e. The van der Waals surface area contributed by atoms with E-state index in [1.165, 1.54) is 12.1 Å². The van der Waals surface area contributed by atoms with Crippen LogP contribution in [0.25, 0.3) is 0 Å². The van der Waals surface area contributed by atoms with E-state index in [0.717, 1.165) is 43.3 Å². The molecule has 5 heteroatoms. The third-order valence-corrected chi connectivity index (χ3v) is 4.05. The average Bonchev–Trinajstić information content (AvgIpc) is 3.09. The van der Waals surface area contributed by atoms with Gasteiger partial charge in [-0.2, -0.15) is 4.98 Å². The molecule has 0 amide bonds. The highest BCUT2D eigenvalue weighted by Gasteiger charge is 2.30. The van der Waals surface area contributed by atoms with Gasteiger partial charge in [0.25, 0.3) is 0 Å². The Morgan fingerprint density at radius 2 is 2.00 bits per heavy atom. The molecule has 2 aromatic rings. The lowest BCUT2D eigenvalue weighted by Crippen LogP contribution is -2.20. The Morgan fingerprint density at radius 3 is 2.64 bits per heavy atom. The first-order chi connectivity index (χ1) is 10.4. The highest BCUT2D eigenvalue weighted by Crippen LogP contribution is 2.29. The normalized spacial score (nSPS) is 19.7. The minimum Gasteiger partial charge on any atom is -0.339 e. The van der Waals surface area contributed by atoms with E-state index in [1.807, 2.05) is 12.1 Å². The maximum atomic E-state index is 12.9. The number of hydrogen-bond donors (Lipinski definition) is 0. The fourth-order valence-electron chi connectivity index (χ4n) is 2.73. The Labute approximate surface area is 130 Å². The summed E-state index contributed by atoms with van der Waals surface area (Å²) in [7, 11) is 0. The molecule has 1 aliphatic heterocycles. The van der Waals surface area contributed by atoms with E-state index in [4.69, 9.17) is 4.52 Å². The van der Waals surface area contributed by atoms with Crippen molar-refractivity contribution < 1.29 is 8.91 Å². The molecule has 1 fully saturated rings. The molecule has 1 atom stereocenters. The largest absolute Gasteiger partial charge is 0.339 e. The molecule has 118 valence electrons. The molecule has 1 saturated heterocycles. The SMILES string of the molecule is CC(C)(C)c1noc([C@H]2CCN(Cc3ccc(F)cc3)C2)n1. The van der Waals surface area contributed by atoms with E-state index in [2.05, 4.69) is 35.8 Å². The summed E-state index contributed by atoms with van der Waals surface area (Å²) < 4.78 is 18.4. The molecule has 0 saturated carbocycles. The number of hydrogen-bond acceptors (Lipinski definition) is 4. The zero-order chi connectivity index (χ0) is 15.7. The summed E-state index contributed by atoms with van der Waals surface area (Å²) >= 11 is 0. The monoisotopic (exact) mass is 303 g/mol. The van der Waals surface area contributed by atoms with Crippen molar-refractivity contribution in [2.24, 2.45) is 0 Å². The molecule has 0 bridgehead atoms. The van der Waals surface area contributed by atoms with Crippen LogP contribution < -0.4 is 0 Å². The number of nitrogens with zero attached hydrogens (tertiary/aromatic N) is 3. The second-order valence-corrected chi connectivity index (χ2v) is 7.05. The van der Waals surface area contributed by atoms with Crippen LogP contribution in [0.4, 0.5) is 4.39 Å². The molecule has 1 aliphatic rings. The maximum Gasteiger partial charge on any atom is 0.231 e. The first-order valence-corrected chi connectivity index (χ1v) is 7.73. The number of rotatable bonds is 3. The Morgan fingerprint density at radius 1 is 1.27 bits per heavy atom. The topological polar surface area (TPSA) is 42.2 Å². The molecule has 0 aliphatic carbocycles. The van der Waals surface area contributed by atoms with Crippen LogP contribution >= 0.6 is 0 Å². The summed E-state index contributed by atoms with van der Waals surface area (Å²) in [6.45, 7) is 8.97. The maximum absolute atomic E-state index is 12.9. The van der Waals surface area contributed by atoms with E-state index < -0.39 is 0 Å². The Kier molecular flexibility index (Phi) is 4.00. The lowest BCUT2D eigenvalue weighted by atomic mass is 9.96. The molecule has 0 spiro atoms. The summed E-state index contributed by atoms with van der Waals surface area (Å²) in [5, 5.41) is 4.10. The second kappa shape index (κ2) is 5.80. The van der Waals surface area contributed by atoms with Gasteiger partial charge < -0.3 is 4.52 Å². The highest BCUT2D eigenvalue weighted by atomic mass is 19.1. The van der Waals surface area contributed by atoms with Crippen molar-refractivity contribution in [3.05, 3.63) is 47.4 Å². The van der Waals surface area contributed by atoms with Gasteiger partial charge in [0.1, 0.15) is 5.82 Å². The van der Waals surface area contributed by atoms with Crippen molar-refractivity contribution >= 4 is 0 Å². The van der Waals surface area contributed by atoms with Crippen LogP contribution in [0.3, 0.4) is 0 Å². The second-order valence-electron chi connectivity index (χ2n) is 7.05. The molecular weight excluding hydrogens is 281 g/mol. The van der Waals surface area contributed by atoms with E-state index in [0.29, 0.717) is 5.92 Å². The zero-order valence-electron chi connectivity index (χ0n) is 13.3. The molecule has 2 heterocycles. The van der Waals surface area contributed by atoms with Gasteiger partial charge in [-0.05, 0) is 30.7 Å². The number of benzene rings is 1. The van der Waals surface area contributed by atoms with Gasteiger partial charge in [0.05, 0.1) is 5.92 Å². The van der Waals surface area contributed by atoms with Crippen LogP contribution in [0.15, 0.2) is 28.8 Å². The summed E-state index contributed by atoms with van der Waals surface area (Å²) in [4.78, 5) is 6.91. The summed E-state index contributed by atoms with van der Waals surface area (Å²) in [5.74, 6) is 1.61. The third-order valence-electron chi connectivity index (χ3n) is 4.05. The molecule has 22 heavy (non-hydrogen) atoms. The lowest BCUT2D eigenvalue weighted by molar-refractivity contribution is 0.307. The van der Waals surface area contributed by atoms with Crippen LogP contribution in [0, 0.1) is 5.82 Å².